The van der Waals surface area contributed by atoms with Gasteiger partial charge in [-0.3, -0.25) is 9.59 Å². The summed E-state index contributed by atoms with van der Waals surface area (Å²) in [5.41, 5.74) is 2.07. The number of benzene rings is 2. The fraction of sp³-hybridized carbons (Fsp3) is 0.208. The molecule has 3 aromatic rings. The molecule has 0 unspecified atom stereocenters. The van der Waals surface area contributed by atoms with Gasteiger partial charge >= 0.3 is 0 Å². The van der Waals surface area contributed by atoms with Crippen molar-refractivity contribution >= 4 is 11.8 Å². The van der Waals surface area contributed by atoms with Gasteiger partial charge in [-0.15, -0.1) is 0 Å². The van der Waals surface area contributed by atoms with Crippen molar-refractivity contribution in [3.8, 4) is 28.9 Å². The molecule has 5 rings (SSSR count). The van der Waals surface area contributed by atoms with E-state index in [1.54, 1.807) is 18.2 Å². The van der Waals surface area contributed by atoms with Gasteiger partial charge in [0.15, 0.2) is 23.0 Å². The lowest BCUT2D eigenvalue weighted by Crippen LogP contribution is -2.26. The van der Waals surface area contributed by atoms with Gasteiger partial charge in [0.05, 0.1) is 12.7 Å². The second-order valence-corrected chi connectivity index (χ2v) is 7.52. The van der Waals surface area contributed by atoms with E-state index < -0.39 is 5.91 Å². The van der Waals surface area contributed by atoms with Gasteiger partial charge < -0.3 is 34.3 Å². The number of nitrogens with one attached hydrogen (secondary N) is 2. The Hall–Kier alpha value is -4.47. The number of carbonyl (C=O) groups excluding carboxylic acids is 2. The molecule has 34 heavy (non-hydrogen) atoms. The number of rotatable bonds is 7. The third-order valence-electron chi connectivity index (χ3n) is 5.33. The Kier molecular flexibility index (Phi) is 5.77. The van der Waals surface area contributed by atoms with Crippen LogP contribution < -0.4 is 34.3 Å². The van der Waals surface area contributed by atoms with Crippen LogP contribution in [0.4, 0.5) is 0 Å². The highest BCUT2D eigenvalue weighted by atomic mass is 16.7. The summed E-state index contributed by atoms with van der Waals surface area (Å²) in [6, 6.07) is 12.3. The molecular formula is C24H21N3O7. The quantitative estimate of drug-likeness (QED) is 0.549. The van der Waals surface area contributed by atoms with Crippen LogP contribution in [0.5, 0.6) is 28.9 Å². The number of nitrogens with zero attached hydrogens (tertiary/aromatic N) is 1. The summed E-state index contributed by atoms with van der Waals surface area (Å²) in [5.74, 6) is 1.93. The Bertz CT molecular complexity index is 1260. The van der Waals surface area contributed by atoms with Crippen LogP contribution in [0.3, 0.4) is 0 Å². The summed E-state index contributed by atoms with van der Waals surface area (Å²) < 4.78 is 26.5. The number of carbonyl (C=O) groups is 2. The Balaban J connectivity index is 1.25. The molecule has 2 aliphatic rings. The van der Waals surface area contributed by atoms with Gasteiger partial charge in [0, 0.05) is 19.3 Å². The van der Waals surface area contributed by atoms with Crippen LogP contribution in [-0.2, 0) is 13.1 Å². The van der Waals surface area contributed by atoms with Crippen molar-refractivity contribution < 1.29 is 33.3 Å². The lowest BCUT2D eigenvalue weighted by molar-refractivity contribution is 0.0947. The molecule has 2 amide bonds. The predicted octanol–water partition coefficient (Wildman–Crippen LogP) is 2.41. The SMILES string of the molecule is COc1ncc(C(=O)NCc2ccc3c(c2)OCO3)cc1C(=O)NCc1ccc2c(c1)OCO2. The predicted molar refractivity (Wildman–Crippen MR) is 118 cm³/mol. The van der Waals surface area contributed by atoms with Gasteiger partial charge in [-0.1, -0.05) is 12.1 Å². The number of aromatic nitrogens is 1. The Morgan fingerprint density at radius 1 is 0.824 bits per heavy atom. The summed E-state index contributed by atoms with van der Waals surface area (Å²) in [4.78, 5) is 29.7. The highest BCUT2D eigenvalue weighted by molar-refractivity contribution is 6.00. The van der Waals surface area contributed by atoms with Crippen LogP contribution in [0.25, 0.3) is 0 Å². The Morgan fingerprint density at radius 2 is 1.38 bits per heavy atom. The average molecular weight is 463 g/mol. The van der Waals surface area contributed by atoms with Crippen LogP contribution in [0, 0.1) is 0 Å². The zero-order valence-electron chi connectivity index (χ0n) is 18.3. The van der Waals surface area contributed by atoms with E-state index in [1.165, 1.54) is 19.4 Å². The molecule has 0 bridgehead atoms. The minimum atomic E-state index is -0.424. The Morgan fingerprint density at radius 3 is 1.97 bits per heavy atom. The summed E-state index contributed by atoms with van der Waals surface area (Å²) in [5, 5.41) is 5.63. The highest BCUT2D eigenvalue weighted by Gasteiger charge is 2.19. The molecule has 10 heteroatoms. The molecule has 2 aromatic carbocycles. The topological polar surface area (TPSA) is 117 Å². The molecule has 10 nitrogen and oxygen atoms in total. The molecule has 0 saturated heterocycles. The molecule has 0 spiro atoms. The molecule has 0 radical (unpaired) electrons. The molecule has 2 N–H and O–H groups in total. The van der Waals surface area contributed by atoms with E-state index in [9.17, 15) is 9.59 Å². The van der Waals surface area contributed by atoms with Crippen molar-refractivity contribution in [2.75, 3.05) is 20.7 Å². The molecular weight excluding hydrogens is 442 g/mol. The van der Waals surface area contributed by atoms with Crippen LogP contribution in [0.1, 0.15) is 31.8 Å². The lowest BCUT2D eigenvalue weighted by atomic mass is 10.1. The van der Waals surface area contributed by atoms with Crippen LogP contribution in [0.2, 0.25) is 0 Å². The first-order valence-electron chi connectivity index (χ1n) is 10.5. The van der Waals surface area contributed by atoms with Gasteiger partial charge in [0.1, 0.15) is 5.56 Å². The molecule has 0 saturated carbocycles. The second-order valence-electron chi connectivity index (χ2n) is 7.52. The number of fused-ring (bicyclic) bond motifs is 2. The van der Waals surface area contributed by atoms with Crippen LogP contribution in [0.15, 0.2) is 48.7 Å². The number of ether oxygens (including phenoxy) is 5. The first-order valence-corrected chi connectivity index (χ1v) is 10.5. The Labute approximate surface area is 194 Å². The zero-order valence-corrected chi connectivity index (χ0v) is 18.3. The largest absolute Gasteiger partial charge is 0.480 e. The fourth-order valence-electron chi connectivity index (χ4n) is 3.57. The average Bonchev–Trinajstić information content (AvgIpc) is 3.54. The van der Waals surface area contributed by atoms with Crippen molar-refractivity contribution in [1.82, 2.24) is 15.6 Å². The first kappa shape index (κ1) is 21.4. The van der Waals surface area contributed by atoms with Gasteiger partial charge in [-0.25, -0.2) is 4.98 Å². The number of hydrogen-bond donors (Lipinski definition) is 2. The van der Waals surface area contributed by atoms with Crippen molar-refractivity contribution in [2.45, 2.75) is 13.1 Å². The summed E-state index contributed by atoms with van der Waals surface area (Å²) >= 11 is 0. The van der Waals surface area contributed by atoms with Gasteiger partial charge in [0.2, 0.25) is 19.5 Å². The van der Waals surface area contributed by atoms with E-state index in [-0.39, 0.29) is 49.6 Å². The van der Waals surface area contributed by atoms with E-state index in [1.807, 2.05) is 18.2 Å². The van der Waals surface area contributed by atoms with Gasteiger partial charge in [0.25, 0.3) is 11.8 Å². The smallest absolute Gasteiger partial charge is 0.257 e. The molecule has 1 aromatic heterocycles. The number of hydrogen-bond acceptors (Lipinski definition) is 8. The normalized spacial score (nSPS) is 12.9. The van der Waals surface area contributed by atoms with E-state index in [2.05, 4.69) is 15.6 Å². The molecule has 174 valence electrons. The third-order valence-corrected chi connectivity index (χ3v) is 5.33. The fourth-order valence-corrected chi connectivity index (χ4v) is 3.57. The maximum absolute atomic E-state index is 12.8. The summed E-state index contributed by atoms with van der Waals surface area (Å²) in [7, 11) is 1.41. The maximum atomic E-state index is 12.8. The van der Waals surface area contributed by atoms with Crippen molar-refractivity contribution in [3.05, 3.63) is 70.9 Å². The first-order chi connectivity index (χ1) is 16.6. The number of methoxy groups -OCH3 is 1. The highest BCUT2D eigenvalue weighted by Crippen LogP contribution is 2.33. The standard InChI is InChI=1S/C24H21N3O7/c1-30-24-17(23(29)26-10-15-3-5-19-21(7-15)34-13-32-19)8-16(11-27-24)22(28)25-9-14-2-4-18-20(6-14)33-12-31-18/h2-8,11H,9-10,12-13H2,1H3,(H,25,28)(H,26,29). The third kappa shape index (κ3) is 4.38. The van der Waals surface area contributed by atoms with Gasteiger partial charge in [-0.05, 0) is 41.5 Å². The molecule has 3 heterocycles. The minimum Gasteiger partial charge on any atom is -0.480 e. The van der Waals surface area contributed by atoms with Crippen molar-refractivity contribution in [3.63, 3.8) is 0 Å². The molecule has 0 atom stereocenters. The molecule has 0 fully saturated rings. The number of pyridine rings is 1. The van der Waals surface area contributed by atoms with Gasteiger partial charge in [-0.2, -0.15) is 0 Å². The number of amides is 2. The zero-order chi connectivity index (χ0) is 23.5. The van der Waals surface area contributed by atoms with E-state index in [0.29, 0.717) is 23.0 Å². The molecule has 0 aliphatic carbocycles. The summed E-state index contributed by atoms with van der Waals surface area (Å²) in [6.07, 6.45) is 1.36. The van der Waals surface area contributed by atoms with E-state index in [0.717, 1.165) is 11.1 Å². The lowest BCUT2D eigenvalue weighted by Gasteiger charge is -2.11. The van der Waals surface area contributed by atoms with Crippen molar-refractivity contribution in [1.29, 1.82) is 0 Å². The van der Waals surface area contributed by atoms with Crippen LogP contribution >= 0.6 is 0 Å². The minimum absolute atomic E-state index is 0.121. The van der Waals surface area contributed by atoms with Crippen LogP contribution in [-0.4, -0.2) is 37.5 Å². The molecule has 2 aliphatic heterocycles. The van der Waals surface area contributed by atoms with E-state index in [4.69, 9.17) is 23.7 Å². The summed E-state index contributed by atoms with van der Waals surface area (Å²) in [6.45, 7) is 0.881. The van der Waals surface area contributed by atoms with Crippen molar-refractivity contribution in [2.24, 2.45) is 0 Å². The maximum Gasteiger partial charge on any atom is 0.257 e. The second kappa shape index (κ2) is 9.18. The monoisotopic (exact) mass is 463 g/mol. The van der Waals surface area contributed by atoms with E-state index >= 15 is 0 Å².